The van der Waals surface area contributed by atoms with Crippen LogP contribution in [0.4, 0.5) is 10.1 Å². The monoisotopic (exact) mass is 432 g/mol. The van der Waals surface area contributed by atoms with E-state index in [1.807, 2.05) is 63.2 Å². The van der Waals surface area contributed by atoms with Gasteiger partial charge in [-0.2, -0.15) is 4.39 Å². The van der Waals surface area contributed by atoms with Crippen molar-refractivity contribution in [3.05, 3.63) is 89.0 Å². The molecule has 3 aromatic rings. The minimum absolute atomic E-state index is 0.0442. The average Bonchev–Trinajstić information content (AvgIpc) is 3.02. The summed E-state index contributed by atoms with van der Waals surface area (Å²) < 4.78 is 26.1. The molecule has 6 heteroatoms. The Morgan fingerprint density at radius 1 is 1.12 bits per heavy atom. The normalized spacial score (nSPS) is 21.4. The zero-order valence-corrected chi connectivity index (χ0v) is 18.3. The zero-order valence-electron chi connectivity index (χ0n) is 18.3. The lowest BCUT2D eigenvalue weighted by atomic mass is 9.67. The second-order valence-electron chi connectivity index (χ2n) is 8.92. The predicted molar refractivity (Wildman–Crippen MR) is 119 cm³/mol. The van der Waals surface area contributed by atoms with Crippen LogP contribution in [0, 0.1) is 5.95 Å². The van der Waals surface area contributed by atoms with E-state index >= 15 is 0 Å². The minimum Gasteiger partial charge on any atom is -0.487 e. The van der Waals surface area contributed by atoms with E-state index in [2.05, 4.69) is 10.3 Å². The van der Waals surface area contributed by atoms with Gasteiger partial charge in [0.05, 0.1) is 5.69 Å². The molecular weight excluding hydrogens is 407 g/mol. The molecule has 0 saturated carbocycles. The molecule has 5 rings (SSSR count). The standard InChI is InChI=1S/C26H25FN2O3/c1-4-31-23(20-10-7-11-22(27)28-20)16-12-13-18-21(14-16)32-25(2,3)15-26(18)17-8-5-6-9-19(17)29-24(26)30/h5-14,23H,4,15H2,1-3H3,(H,29,30). The first-order valence-corrected chi connectivity index (χ1v) is 10.8. The Balaban J connectivity index is 1.67. The molecule has 0 saturated heterocycles. The van der Waals surface area contributed by atoms with Crippen LogP contribution in [0.25, 0.3) is 0 Å². The lowest BCUT2D eigenvalue weighted by Gasteiger charge is -2.43. The number of halogens is 1. The SMILES string of the molecule is CCOC(c1ccc2c(c1)OC(C)(C)CC21C(=O)Nc2ccccc21)c1cccc(F)n1. The smallest absolute Gasteiger partial charge is 0.239 e. The number of hydrogen-bond donors (Lipinski definition) is 1. The number of anilines is 1. The first-order valence-electron chi connectivity index (χ1n) is 10.8. The van der Waals surface area contributed by atoms with Crippen molar-refractivity contribution in [3.8, 4) is 5.75 Å². The first-order chi connectivity index (χ1) is 15.3. The topological polar surface area (TPSA) is 60.5 Å². The van der Waals surface area contributed by atoms with Crippen molar-refractivity contribution < 1.29 is 18.7 Å². The molecule has 2 aliphatic heterocycles. The Bertz CT molecular complexity index is 1210. The van der Waals surface area contributed by atoms with Crippen LogP contribution >= 0.6 is 0 Å². The maximum atomic E-state index is 13.8. The van der Waals surface area contributed by atoms with E-state index in [0.29, 0.717) is 24.5 Å². The molecule has 1 spiro atoms. The quantitative estimate of drug-likeness (QED) is 0.580. The molecule has 2 unspecified atom stereocenters. The summed E-state index contributed by atoms with van der Waals surface area (Å²) in [6, 6.07) is 18.3. The van der Waals surface area contributed by atoms with E-state index in [1.165, 1.54) is 6.07 Å². The fraction of sp³-hybridized carbons (Fsp3) is 0.308. The van der Waals surface area contributed by atoms with Crippen molar-refractivity contribution in [1.82, 2.24) is 4.98 Å². The number of amides is 1. The van der Waals surface area contributed by atoms with Gasteiger partial charge in [-0.05, 0) is 56.2 Å². The van der Waals surface area contributed by atoms with E-state index in [0.717, 1.165) is 22.4 Å². The third kappa shape index (κ3) is 3.17. The van der Waals surface area contributed by atoms with Crippen LogP contribution in [0.15, 0.2) is 60.7 Å². The summed E-state index contributed by atoms with van der Waals surface area (Å²) >= 11 is 0. The number of benzene rings is 2. The van der Waals surface area contributed by atoms with Crippen molar-refractivity contribution in [2.45, 2.75) is 44.3 Å². The van der Waals surface area contributed by atoms with Crippen molar-refractivity contribution in [1.29, 1.82) is 0 Å². The van der Waals surface area contributed by atoms with Crippen LogP contribution in [-0.4, -0.2) is 23.1 Å². The van der Waals surface area contributed by atoms with Crippen LogP contribution in [0.2, 0.25) is 0 Å². The Labute approximate surface area is 186 Å². The van der Waals surface area contributed by atoms with Gasteiger partial charge in [0.2, 0.25) is 11.9 Å². The Kier molecular flexibility index (Phi) is 4.78. The Hall–Kier alpha value is -3.25. The first kappa shape index (κ1) is 20.6. The van der Waals surface area contributed by atoms with Crippen LogP contribution in [-0.2, 0) is 14.9 Å². The highest BCUT2D eigenvalue weighted by molar-refractivity contribution is 6.09. The summed E-state index contributed by atoms with van der Waals surface area (Å²) in [6.45, 7) is 6.31. The number of pyridine rings is 1. The van der Waals surface area contributed by atoms with Gasteiger partial charge in [-0.25, -0.2) is 4.98 Å². The van der Waals surface area contributed by atoms with Gasteiger partial charge in [-0.15, -0.1) is 0 Å². The number of para-hydroxylation sites is 1. The van der Waals surface area contributed by atoms with E-state index in [9.17, 15) is 9.18 Å². The van der Waals surface area contributed by atoms with E-state index in [4.69, 9.17) is 9.47 Å². The number of nitrogens with zero attached hydrogens (tertiary/aromatic N) is 1. The van der Waals surface area contributed by atoms with Gasteiger partial charge < -0.3 is 14.8 Å². The summed E-state index contributed by atoms with van der Waals surface area (Å²) in [5.74, 6) is 0.0321. The van der Waals surface area contributed by atoms with E-state index < -0.39 is 23.1 Å². The number of carbonyl (C=O) groups excluding carboxylic acids is 1. The third-order valence-corrected chi connectivity index (χ3v) is 6.21. The number of ether oxygens (including phenoxy) is 2. The summed E-state index contributed by atoms with van der Waals surface area (Å²) in [4.78, 5) is 17.4. The number of aromatic nitrogens is 1. The second kappa shape index (κ2) is 7.41. The van der Waals surface area contributed by atoms with Gasteiger partial charge in [-0.3, -0.25) is 4.79 Å². The number of rotatable bonds is 4. The lowest BCUT2D eigenvalue weighted by Crippen LogP contribution is -2.48. The maximum Gasteiger partial charge on any atom is 0.239 e. The molecule has 164 valence electrons. The molecule has 0 aliphatic carbocycles. The van der Waals surface area contributed by atoms with Crippen molar-refractivity contribution in [2.75, 3.05) is 11.9 Å². The molecule has 0 bridgehead atoms. The minimum atomic E-state index is -0.829. The molecule has 3 heterocycles. The van der Waals surface area contributed by atoms with Crippen molar-refractivity contribution >= 4 is 11.6 Å². The predicted octanol–water partition coefficient (Wildman–Crippen LogP) is 5.15. The molecule has 0 radical (unpaired) electrons. The summed E-state index contributed by atoms with van der Waals surface area (Å²) in [7, 11) is 0. The number of hydrogen-bond acceptors (Lipinski definition) is 4. The van der Waals surface area contributed by atoms with Crippen molar-refractivity contribution in [3.63, 3.8) is 0 Å². The summed E-state index contributed by atoms with van der Waals surface area (Å²) in [5, 5.41) is 3.06. The van der Waals surface area contributed by atoms with E-state index in [1.54, 1.807) is 12.1 Å². The van der Waals surface area contributed by atoms with Gasteiger partial charge in [0, 0.05) is 24.3 Å². The average molecular weight is 432 g/mol. The van der Waals surface area contributed by atoms with Gasteiger partial charge in [0.25, 0.3) is 0 Å². The molecule has 2 aliphatic rings. The van der Waals surface area contributed by atoms with E-state index in [-0.39, 0.29) is 5.91 Å². The number of nitrogens with one attached hydrogen (secondary N) is 1. The highest BCUT2D eigenvalue weighted by Gasteiger charge is 2.55. The largest absolute Gasteiger partial charge is 0.487 e. The van der Waals surface area contributed by atoms with Crippen LogP contribution in [0.3, 0.4) is 0 Å². The fourth-order valence-corrected chi connectivity index (χ4v) is 5.05. The number of carbonyl (C=O) groups is 1. The Morgan fingerprint density at radius 3 is 2.72 bits per heavy atom. The molecule has 32 heavy (non-hydrogen) atoms. The van der Waals surface area contributed by atoms with Gasteiger partial charge >= 0.3 is 0 Å². The molecule has 2 atom stereocenters. The maximum absolute atomic E-state index is 13.8. The molecule has 5 nitrogen and oxygen atoms in total. The lowest BCUT2D eigenvalue weighted by molar-refractivity contribution is -0.122. The zero-order chi connectivity index (χ0) is 22.5. The molecule has 1 amide bonds. The molecule has 1 N–H and O–H groups in total. The van der Waals surface area contributed by atoms with Gasteiger partial charge in [-0.1, -0.05) is 36.4 Å². The molecular formula is C26H25FN2O3. The second-order valence-corrected chi connectivity index (χ2v) is 8.92. The third-order valence-electron chi connectivity index (χ3n) is 6.21. The van der Waals surface area contributed by atoms with Gasteiger partial charge in [0.15, 0.2) is 0 Å². The van der Waals surface area contributed by atoms with Gasteiger partial charge in [0.1, 0.15) is 22.9 Å². The highest BCUT2D eigenvalue weighted by Crippen LogP contribution is 2.54. The Morgan fingerprint density at radius 2 is 1.94 bits per heavy atom. The van der Waals surface area contributed by atoms with Crippen LogP contribution in [0.5, 0.6) is 5.75 Å². The summed E-state index contributed by atoms with van der Waals surface area (Å²) in [5.41, 5.74) is 2.50. The highest BCUT2D eigenvalue weighted by atomic mass is 19.1. The molecule has 0 fully saturated rings. The summed E-state index contributed by atoms with van der Waals surface area (Å²) in [6.07, 6.45) is -0.0227. The van der Waals surface area contributed by atoms with Crippen molar-refractivity contribution in [2.24, 2.45) is 0 Å². The molecule has 2 aromatic carbocycles. The van der Waals surface area contributed by atoms with Crippen LogP contribution < -0.4 is 10.1 Å². The molecule has 1 aromatic heterocycles. The number of fused-ring (bicyclic) bond motifs is 4. The fourth-order valence-electron chi connectivity index (χ4n) is 5.05. The van der Waals surface area contributed by atoms with Crippen LogP contribution in [0.1, 0.15) is 55.7 Å².